The van der Waals surface area contributed by atoms with Crippen LogP contribution in [0, 0.1) is 0 Å². The highest BCUT2D eigenvalue weighted by molar-refractivity contribution is 5.07. The van der Waals surface area contributed by atoms with Crippen LogP contribution in [0.5, 0.6) is 0 Å². The molecular formula is C6H2F10. The van der Waals surface area contributed by atoms with Crippen LogP contribution in [0.1, 0.15) is 0 Å². The zero-order valence-electron chi connectivity index (χ0n) is 6.93. The van der Waals surface area contributed by atoms with Gasteiger partial charge in [0.2, 0.25) is 0 Å². The van der Waals surface area contributed by atoms with Gasteiger partial charge in [-0.15, -0.1) is 0 Å². The summed E-state index contributed by atoms with van der Waals surface area (Å²) < 4.78 is 118. The third kappa shape index (κ3) is 3.01. The van der Waals surface area contributed by atoms with Crippen molar-refractivity contribution in [2.24, 2.45) is 0 Å². The summed E-state index contributed by atoms with van der Waals surface area (Å²) in [4.78, 5) is 0. The first-order valence-electron chi connectivity index (χ1n) is 3.32. The predicted molar refractivity (Wildman–Crippen MR) is 31.1 cm³/mol. The zero-order valence-corrected chi connectivity index (χ0v) is 6.93. The summed E-state index contributed by atoms with van der Waals surface area (Å²) in [5.74, 6) is -12.3. The summed E-state index contributed by atoms with van der Waals surface area (Å²) in [6, 6.07) is 0. The van der Waals surface area contributed by atoms with E-state index in [9.17, 15) is 43.9 Å². The second-order valence-electron chi connectivity index (χ2n) is 2.58. The smallest absolute Gasteiger partial charge is 0.230 e. The Bertz CT molecular complexity index is 270. The largest absolute Gasteiger partial charge is 0.425 e. The standard InChI is InChI=1S/C6H2F10/c7-2(8)1-4(10,11)5(12,13)3(9)6(14,15)16/h1,3H. The third-order valence-corrected chi connectivity index (χ3v) is 1.34. The van der Waals surface area contributed by atoms with Gasteiger partial charge in [0.25, 0.3) is 12.3 Å². The van der Waals surface area contributed by atoms with E-state index in [0.29, 0.717) is 0 Å². The Morgan fingerprint density at radius 1 is 0.875 bits per heavy atom. The third-order valence-electron chi connectivity index (χ3n) is 1.34. The Hall–Kier alpha value is -0.960. The first-order valence-corrected chi connectivity index (χ1v) is 3.32. The number of hydrogen-bond acceptors (Lipinski definition) is 0. The van der Waals surface area contributed by atoms with Crippen LogP contribution in [0.2, 0.25) is 0 Å². The molecule has 0 nitrogen and oxygen atoms in total. The zero-order chi connectivity index (χ0) is 13.4. The fourth-order valence-electron chi connectivity index (χ4n) is 0.608. The van der Waals surface area contributed by atoms with E-state index in [1.165, 1.54) is 0 Å². The molecule has 0 fully saturated rings. The van der Waals surface area contributed by atoms with Crippen LogP contribution >= 0.6 is 0 Å². The van der Waals surface area contributed by atoms with Gasteiger partial charge in [-0.1, -0.05) is 0 Å². The molecular weight excluding hydrogens is 262 g/mol. The van der Waals surface area contributed by atoms with Crippen LogP contribution in [0.25, 0.3) is 0 Å². The van der Waals surface area contributed by atoms with E-state index in [1.54, 1.807) is 0 Å². The summed E-state index contributed by atoms with van der Waals surface area (Å²) in [5, 5.41) is 0. The van der Waals surface area contributed by atoms with E-state index in [0.717, 1.165) is 0 Å². The minimum absolute atomic E-state index is 1.73. The monoisotopic (exact) mass is 264 g/mol. The van der Waals surface area contributed by atoms with Crippen molar-refractivity contribution in [3.63, 3.8) is 0 Å². The summed E-state index contributed by atoms with van der Waals surface area (Å²) in [7, 11) is 0. The molecule has 0 aromatic heterocycles. The van der Waals surface area contributed by atoms with Crippen LogP contribution in [-0.2, 0) is 0 Å². The molecule has 0 aliphatic heterocycles. The maximum Gasteiger partial charge on any atom is 0.425 e. The van der Waals surface area contributed by atoms with Crippen molar-refractivity contribution < 1.29 is 43.9 Å². The Balaban J connectivity index is 5.27. The SMILES string of the molecule is FC(F)=CC(F)(F)C(F)(F)C(F)C(F)(F)F. The number of allylic oxidation sites excluding steroid dienone is 1. The summed E-state index contributed by atoms with van der Waals surface area (Å²) in [6.45, 7) is 0. The molecule has 0 aromatic rings. The Morgan fingerprint density at radius 2 is 1.25 bits per heavy atom. The number of halogens is 10. The summed E-state index contributed by atoms with van der Waals surface area (Å²) >= 11 is 0. The first-order chi connectivity index (χ1) is 6.82. The average Bonchev–Trinajstić information content (AvgIpc) is 1.98. The highest BCUT2D eigenvalue weighted by Gasteiger charge is 2.69. The van der Waals surface area contributed by atoms with E-state index in [1.807, 2.05) is 0 Å². The van der Waals surface area contributed by atoms with Crippen molar-refractivity contribution in [1.82, 2.24) is 0 Å². The molecule has 0 aromatic carbocycles. The van der Waals surface area contributed by atoms with Gasteiger partial charge in [-0.2, -0.15) is 39.5 Å². The van der Waals surface area contributed by atoms with Crippen molar-refractivity contribution in [2.75, 3.05) is 0 Å². The van der Waals surface area contributed by atoms with Gasteiger partial charge in [-0.25, -0.2) is 4.39 Å². The molecule has 0 rings (SSSR count). The van der Waals surface area contributed by atoms with Gasteiger partial charge >= 0.3 is 18.0 Å². The topological polar surface area (TPSA) is 0 Å². The summed E-state index contributed by atoms with van der Waals surface area (Å²) in [5.41, 5.74) is 0. The Labute approximate surface area is 81.5 Å². The van der Waals surface area contributed by atoms with E-state index in [2.05, 4.69) is 0 Å². The second kappa shape index (κ2) is 4.13. The molecule has 16 heavy (non-hydrogen) atoms. The lowest BCUT2D eigenvalue weighted by atomic mass is 10.1. The molecule has 0 aliphatic carbocycles. The van der Waals surface area contributed by atoms with Gasteiger partial charge in [0, 0.05) is 0 Å². The highest BCUT2D eigenvalue weighted by Crippen LogP contribution is 2.45. The minimum atomic E-state index is -6.31. The molecule has 0 bridgehead atoms. The van der Waals surface area contributed by atoms with E-state index in [4.69, 9.17) is 0 Å². The maximum absolute atomic E-state index is 12.2. The van der Waals surface area contributed by atoms with Gasteiger partial charge in [0.15, 0.2) is 0 Å². The molecule has 0 aliphatic rings. The van der Waals surface area contributed by atoms with E-state index in [-0.39, 0.29) is 0 Å². The number of alkyl halides is 8. The normalized spacial score (nSPS) is 15.9. The Morgan fingerprint density at radius 3 is 1.50 bits per heavy atom. The van der Waals surface area contributed by atoms with Gasteiger partial charge < -0.3 is 0 Å². The number of rotatable bonds is 3. The summed E-state index contributed by atoms with van der Waals surface area (Å²) in [6.07, 6.45) is -16.6. The van der Waals surface area contributed by atoms with Gasteiger partial charge in [-0.3, -0.25) is 0 Å². The lowest BCUT2D eigenvalue weighted by molar-refractivity contribution is -0.293. The van der Waals surface area contributed by atoms with Gasteiger partial charge in [-0.05, 0) is 0 Å². The van der Waals surface area contributed by atoms with Crippen LogP contribution in [0.15, 0.2) is 12.2 Å². The quantitative estimate of drug-likeness (QED) is 0.677. The van der Waals surface area contributed by atoms with Crippen molar-refractivity contribution in [3.05, 3.63) is 12.2 Å². The van der Waals surface area contributed by atoms with Crippen molar-refractivity contribution >= 4 is 0 Å². The van der Waals surface area contributed by atoms with Crippen LogP contribution in [0.4, 0.5) is 43.9 Å². The van der Waals surface area contributed by atoms with Crippen molar-refractivity contribution in [3.8, 4) is 0 Å². The molecule has 1 atom stereocenters. The Kier molecular flexibility index (Phi) is 3.88. The first kappa shape index (κ1) is 15.0. The molecule has 10 heteroatoms. The van der Waals surface area contributed by atoms with Gasteiger partial charge in [0.05, 0.1) is 6.08 Å². The molecule has 96 valence electrons. The molecule has 0 heterocycles. The fraction of sp³-hybridized carbons (Fsp3) is 0.667. The highest BCUT2D eigenvalue weighted by atomic mass is 19.4. The van der Waals surface area contributed by atoms with Crippen LogP contribution in [0.3, 0.4) is 0 Å². The van der Waals surface area contributed by atoms with E-state index >= 15 is 0 Å². The maximum atomic E-state index is 12.2. The molecule has 0 saturated carbocycles. The molecule has 0 saturated heterocycles. The van der Waals surface area contributed by atoms with Crippen molar-refractivity contribution in [2.45, 2.75) is 24.2 Å². The van der Waals surface area contributed by atoms with E-state index < -0.39 is 36.3 Å². The lowest BCUT2D eigenvalue weighted by Crippen LogP contribution is -2.52. The minimum Gasteiger partial charge on any atom is -0.230 e. The van der Waals surface area contributed by atoms with Crippen molar-refractivity contribution in [1.29, 1.82) is 0 Å². The lowest BCUT2D eigenvalue weighted by Gasteiger charge is -2.27. The average molecular weight is 264 g/mol. The predicted octanol–water partition coefficient (Wildman–Crippen LogP) is 3.94. The molecule has 0 spiro atoms. The van der Waals surface area contributed by atoms with Gasteiger partial charge in [0.1, 0.15) is 0 Å². The molecule has 0 N–H and O–H groups in total. The molecule has 1 unspecified atom stereocenters. The fourth-order valence-corrected chi connectivity index (χ4v) is 0.608. The van der Waals surface area contributed by atoms with Crippen LogP contribution in [-0.4, -0.2) is 24.2 Å². The second-order valence-corrected chi connectivity index (χ2v) is 2.58. The molecule has 0 radical (unpaired) electrons. The number of hydrogen-bond donors (Lipinski definition) is 0. The molecule has 0 amide bonds. The van der Waals surface area contributed by atoms with Crippen LogP contribution < -0.4 is 0 Å².